The van der Waals surface area contributed by atoms with Gasteiger partial charge in [-0.15, -0.1) is 0 Å². The fraction of sp³-hybridized carbons (Fsp3) is 0.607. The summed E-state index contributed by atoms with van der Waals surface area (Å²) in [5, 5.41) is 14.8. The van der Waals surface area contributed by atoms with E-state index >= 15 is 0 Å². The first-order valence-corrected chi connectivity index (χ1v) is 13.7. The largest absolute Gasteiger partial charge is 0.493 e. The van der Waals surface area contributed by atoms with E-state index in [1.807, 2.05) is 34.0 Å². The van der Waals surface area contributed by atoms with Gasteiger partial charge in [-0.3, -0.25) is 19.2 Å². The number of carbonyl (C=O) groups excluding carboxylic acids is 1. The average molecular weight is 529 g/mol. The normalized spacial score (nSPS) is 20.6. The Hall–Kier alpha value is -3.27. The number of methoxy groups -OCH3 is 1. The molecule has 38 heavy (non-hydrogen) atoms. The average Bonchev–Trinajstić information content (AvgIpc) is 3.67. The van der Waals surface area contributed by atoms with Crippen LogP contribution in [0.15, 0.2) is 30.6 Å². The maximum Gasteiger partial charge on any atom is 0.308 e. The molecule has 1 aromatic carbocycles. The lowest BCUT2D eigenvalue weighted by molar-refractivity contribution is -0.144. The third-order valence-corrected chi connectivity index (χ3v) is 7.61. The molecule has 0 radical (unpaired) electrons. The smallest absolute Gasteiger partial charge is 0.308 e. The molecule has 1 aromatic heterocycles. The number of aryl methyl sites for hydroxylation is 1. The Morgan fingerprint density at radius 2 is 1.95 bits per heavy atom. The molecule has 2 aliphatic heterocycles. The minimum absolute atomic E-state index is 0.0593. The number of carbonyl (C=O) groups is 2. The summed E-state index contributed by atoms with van der Waals surface area (Å²) in [4.78, 5) is 30.3. The fourth-order valence-corrected chi connectivity index (χ4v) is 5.58. The molecule has 3 atom stereocenters. The van der Waals surface area contributed by atoms with Crippen LogP contribution in [0.2, 0.25) is 0 Å². The summed E-state index contributed by atoms with van der Waals surface area (Å²) in [6, 6.07) is 5.22. The zero-order valence-electron chi connectivity index (χ0n) is 22.7. The number of ether oxygens (including phenoxy) is 3. The Morgan fingerprint density at radius 1 is 1.18 bits per heavy atom. The number of nitrogens with zero attached hydrogens (tertiary/aromatic N) is 4. The first-order valence-electron chi connectivity index (χ1n) is 13.7. The molecule has 0 aliphatic carbocycles. The van der Waals surface area contributed by atoms with Gasteiger partial charge in [-0.05, 0) is 43.0 Å². The van der Waals surface area contributed by atoms with E-state index < -0.39 is 11.9 Å². The third kappa shape index (κ3) is 6.23. The summed E-state index contributed by atoms with van der Waals surface area (Å²) in [5.74, 6) is -0.256. The van der Waals surface area contributed by atoms with Crippen LogP contribution < -0.4 is 14.2 Å². The second-order valence-electron chi connectivity index (χ2n) is 10.1. The standard InChI is InChI=1S/C28H40N4O6/c1-4-6-11-30(12-7-5-2)25(33)18-31-17-21(20-15-23(36-3)27-24(16-20)37-19-38-27)26(28(34)35)22(31)9-14-32-13-8-10-29-32/h8,10,13,15-16,21-22,26H,4-7,9,11-12,14,17-19H2,1-3H3,(H,34,35). The molecule has 0 bridgehead atoms. The first-order chi connectivity index (χ1) is 18.5. The fourth-order valence-electron chi connectivity index (χ4n) is 5.58. The summed E-state index contributed by atoms with van der Waals surface area (Å²) in [6.45, 7) is 7.01. The maximum atomic E-state index is 13.5. The van der Waals surface area contributed by atoms with Gasteiger partial charge in [0.05, 0.1) is 19.6 Å². The number of amides is 1. The highest BCUT2D eigenvalue weighted by molar-refractivity contribution is 5.79. The third-order valence-electron chi connectivity index (χ3n) is 7.61. The molecular weight excluding hydrogens is 488 g/mol. The quantitative estimate of drug-likeness (QED) is 0.396. The number of fused-ring (bicyclic) bond motifs is 1. The number of aliphatic carboxylic acids is 1. The van der Waals surface area contributed by atoms with Crippen LogP contribution in [0.4, 0.5) is 0 Å². The van der Waals surface area contributed by atoms with Crippen molar-refractivity contribution in [3.8, 4) is 17.2 Å². The highest BCUT2D eigenvalue weighted by Crippen LogP contribution is 2.47. The van der Waals surface area contributed by atoms with Crippen molar-refractivity contribution >= 4 is 11.9 Å². The number of hydrogen-bond donors (Lipinski definition) is 1. The molecule has 0 saturated carbocycles. The molecule has 3 unspecified atom stereocenters. The number of likely N-dealkylation sites (tertiary alicyclic amines) is 1. The molecule has 4 rings (SSSR count). The van der Waals surface area contributed by atoms with Crippen molar-refractivity contribution in [3.05, 3.63) is 36.2 Å². The highest BCUT2D eigenvalue weighted by atomic mass is 16.7. The molecule has 2 aromatic rings. The predicted octanol–water partition coefficient (Wildman–Crippen LogP) is 3.61. The van der Waals surface area contributed by atoms with Crippen LogP contribution in [0, 0.1) is 5.92 Å². The van der Waals surface area contributed by atoms with Crippen LogP contribution in [0.3, 0.4) is 0 Å². The second-order valence-corrected chi connectivity index (χ2v) is 10.1. The molecule has 10 heteroatoms. The second kappa shape index (κ2) is 13.0. The van der Waals surface area contributed by atoms with Gasteiger partial charge in [0.2, 0.25) is 18.4 Å². The summed E-state index contributed by atoms with van der Waals surface area (Å²) in [6.07, 6.45) is 8.09. The summed E-state index contributed by atoms with van der Waals surface area (Å²) < 4.78 is 18.5. The van der Waals surface area contributed by atoms with Crippen LogP contribution in [-0.2, 0) is 16.1 Å². The molecule has 208 valence electrons. The summed E-state index contributed by atoms with van der Waals surface area (Å²) >= 11 is 0. The Kier molecular flexibility index (Phi) is 9.49. The van der Waals surface area contributed by atoms with Gasteiger partial charge in [-0.25, -0.2) is 0 Å². The Labute approximate surface area is 224 Å². The van der Waals surface area contributed by atoms with E-state index in [4.69, 9.17) is 14.2 Å². The summed E-state index contributed by atoms with van der Waals surface area (Å²) in [7, 11) is 1.56. The molecule has 1 amide bonds. The monoisotopic (exact) mass is 528 g/mol. The van der Waals surface area contributed by atoms with Gasteiger partial charge >= 0.3 is 5.97 Å². The number of rotatable bonds is 14. The van der Waals surface area contributed by atoms with E-state index in [1.165, 1.54) is 0 Å². The van der Waals surface area contributed by atoms with Gasteiger partial charge < -0.3 is 24.2 Å². The van der Waals surface area contributed by atoms with Gasteiger partial charge in [0.25, 0.3) is 0 Å². The van der Waals surface area contributed by atoms with Crippen molar-refractivity contribution in [3.63, 3.8) is 0 Å². The van der Waals surface area contributed by atoms with E-state index in [0.717, 1.165) is 44.3 Å². The van der Waals surface area contributed by atoms with E-state index in [2.05, 4.69) is 23.8 Å². The molecule has 10 nitrogen and oxygen atoms in total. The summed E-state index contributed by atoms with van der Waals surface area (Å²) in [5.41, 5.74) is 0.811. The number of carboxylic acids is 1. The molecular formula is C28H40N4O6. The van der Waals surface area contributed by atoms with Crippen molar-refractivity contribution in [2.75, 3.05) is 40.1 Å². The lowest BCUT2D eigenvalue weighted by Crippen LogP contribution is -2.45. The predicted molar refractivity (Wildman–Crippen MR) is 142 cm³/mol. The lowest BCUT2D eigenvalue weighted by atomic mass is 9.84. The van der Waals surface area contributed by atoms with Crippen molar-refractivity contribution in [2.24, 2.45) is 5.92 Å². The Morgan fingerprint density at radius 3 is 2.58 bits per heavy atom. The minimum Gasteiger partial charge on any atom is -0.493 e. The van der Waals surface area contributed by atoms with Crippen LogP contribution in [0.5, 0.6) is 17.2 Å². The van der Waals surface area contributed by atoms with E-state index in [0.29, 0.717) is 36.8 Å². The molecule has 1 fully saturated rings. The topological polar surface area (TPSA) is 106 Å². The molecule has 2 aliphatic rings. The zero-order chi connectivity index (χ0) is 27.1. The Balaban J connectivity index is 1.62. The van der Waals surface area contributed by atoms with Gasteiger partial charge in [-0.1, -0.05) is 26.7 Å². The number of unbranched alkanes of at least 4 members (excludes halogenated alkanes) is 2. The van der Waals surface area contributed by atoms with E-state index in [1.54, 1.807) is 13.3 Å². The number of hydrogen-bond acceptors (Lipinski definition) is 7. The van der Waals surface area contributed by atoms with Gasteiger partial charge in [-0.2, -0.15) is 5.10 Å². The maximum absolute atomic E-state index is 13.5. The van der Waals surface area contributed by atoms with Crippen molar-refractivity contribution in [1.29, 1.82) is 0 Å². The lowest BCUT2D eigenvalue weighted by Gasteiger charge is -2.29. The number of benzene rings is 1. The van der Waals surface area contributed by atoms with Crippen LogP contribution in [0.25, 0.3) is 0 Å². The van der Waals surface area contributed by atoms with Crippen molar-refractivity contribution < 1.29 is 28.9 Å². The van der Waals surface area contributed by atoms with Gasteiger partial charge in [0.15, 0.2) is 11.5 Å². The van der Waals surface area contributed by atoms with E-state index in [-0.39, 0.29) is 31.2 Å². The van der Waals surface area contributed by atoms with Crippen LogP contribution in [-0.4, -0.2) is 82.7 Å². The van der Waals surface area contributed by atoms with Crippen LogP contribution >= 0.6 is 0 Å². The number of carboxylic acid groups (broad SMARTS) is 1. The van der Waals surface area contributed by atoms with E-state index in [9.17, 15) is 14.7 Å². The molecule has 1 saturated heterocycles. The zero-order valence-corrected chi connectivity index (χ0v) is 22.7. The molecule has 3 heterocycles. The van der Waals surface area contributed by atoms with Crippen molar-refractivity contribution in [2.45, 2.75) is 64.5 Å². The highest BCUT2D eigenvalue weighted by Gasteiger charge is 2.47. The Bertz CT molecular complexity index is 1070. The SMILES string of the molecule is CCCCN(CCCC)C(=O)CN1CC(c2cc(OC)c3c(c2)OCO3)C(C(=O)O)C1CCn1cccn1. The van der Waals surface area contributed by atoms with Gasteiger partial charge in [0, 0.05) is 50.5 Å². The minimum atomic E-state index is -0.874. The van der Waals surface area contributed by atoms with Gasteiger partial charge in [0.1, 0.15) is 0 Å². The molecule has 0 spiro atoms. The first kappa shape index (κ1) is 27.8. The number of aromatic nitrogens is 2. The van der Waals surface area contributed by atoms with Crippen molar-refractivity contribution in [1.82, 2.24) is 19.6 Å². The molecule has 1 N–H and O–H groups in total. The van der Waals surface area contributed by atoms with Crippen LogP contribution in [0.1, 0.15) is 57.4 Å².